The van der Waals surface area contributed by atoms with Gasteiger partial charge in [0.2, 0.25) is 11.8 Å². The molecule has 4 unspecified atom stereocenters. The third kappa shape index (κ3) is 5.67. The van der Waals surface area contributed by atoms with Gasteiger partial charge in [0.25, 0.3) is 0 Å². The van der Waals surface area contributed by atoms with Crippen molar-refractivity contribution in [3.05, 3.63) is 11.8 Å². The summed E-state index contributed by atoms with van der Waals surface area (Å²) < 4.78 is 28.7. The van der Waals surface area contributed by atoms with Crippen LogP contribution in [-0.2, 0) is 30.5 Å². The van der Waals surface area contributed by atoms with E-state index in [-0.39, 0.29) is 29.4 Å². The lowest BCUT2D eigenvalue weighted by Gasteiger charge is -2.34. The van der Waals surface area contributed by atoms with E-state index in [9.17, 15) is 9.00 Å². The molecule has 2 rings (SSSR count). The molecule has 166 valence electrons. The number of hydrogen-bond donors (Lipinski definition) is 1. The molecule has 1 amide bonds. The van der Waals surface area contributed by atoms with Crippen molar-refractivity contribution in [3.63, 3.8) is 0 Å². The molecule has 7 nitrogen and oxygen atoms in total. The van der Waals surface area contributed by atoms with Gasteiger partial charge in [0.1, 0.15) is 4.75 Å². The zero-order chi connectivity index (χ0) is 21.8. The standard InChI is InChI=1S/C21H36N2O5S/c1-8-14(2)29(25)21(6,7)19(24)22-17-13-16(23-28-17)20(4,5)15(3)27-18-11-9-10-12-26-18/h13-15,18H,8-12H2,1-7H3,(H,22,24). The summed E-state index contributed by atoms with van der Waals surface area (Å²) in [5, 5.41) is 6.81. The van der Waals surface area contributed by atoms with Crippen LogP contribution in [0.15, 0.2) is 10.6 Å². The summed E-state index contributed by atoms with van der Waals surface area (Å²) in [4.78, 5) is 12.7. The highest BCUT2D eigenvalue weighted by Crippen LogP contribution is 2.32. The molecular formula is C21H36N2O5S. The monoisotopic (exact) mass is 428 g/mol. The van der Waals surface area contributed by atoms with Gasteiger partial charge in [0, 0.05) is 34.1 Å². The second kappa shape index (κ2) is 9.71. The van der Waals surface area contributed by atoms with Crippen LogP contribution in [0.1, 0.15) is 79.8 Å². The Morgan fingerprint density at radius 2 is 2.03 bits per heavy atom. The number of carbonyl (C=O) groups is 1. The van der Waals surface area contributed by atoms with Crippen molar-refractivity contribution in [2.75, 3.05) is 11.9 Å². The number of ether oxygens (including phenoxy) is 2. The Labute approximate surface area is 176 Å². The first-order valence-electron chi connectivity index (χ1n) is 10.5. The zero-order valence-corrected chi connectivity index (χ0v) is 19.6. The maximum atomic E-state index is 12.7. The van der Waals surface area contributed by atoms with E-state index < -0.39 is 21.0 Å². The van der Waals surface area contributed by atoms with Crippen molar-refractivity contribution in [3.8, 4) is 0 Å². The summed E-state index contributed by atoms with van der Waals surface area (Å²) in [5.74, 6) is -0.107. The van der Waals surface area contributed by atoms with E-state index in [1.54, 1.807) is 19.9 Å². The average Bonchev–Trinajstić information content (AvgIpc) is 3.16. The van der Waals surface area contributed by atoms with Crippen molar-refractivity contribution in [2.45, 2.75) is 102 Å². The molecule has 1 aromatic heterocycles. The molecule has 8 heteroatoms. The number of anilines is 1. The molecule has 0 aromatic carbocycles. The van der Waals surface area contributed by atoms with Crippen molar-refractivity contribution >= 4 is 22.6 Å². The first-order valence-corrected chi connectivity index (χ1v) is 11.7. The average molecular weight is 429 g/mol. The largest absolute Gasteiger partial charge is 0.353 e. The van der Waals surface area contributed by atoms with Crippen LogP contribution in [0.25, 0.3) is 0 Å². The minimum Gasteiger partial charge on any atom is -0.353 e. The van der Waals surface area contributed by atoms with Crippen molar-refractivity contribution in [1.29, 1.82) is 0 Å². The van der Waals surface area contributed by atoms with Crippen LogP contribution in [0, 0.1) is 0 Å². The number of nitrogens with one attached hydrogen (secondary N) is 1. The molecule has 29 heavy (non-hydrogen) atoms. The fourth-order valence-electron chi connectivity index (χ4n) is 3.07. The highest BCUT2D eigenvalue weighted by molar-refractivity contribution is 7.87. The Morgan fingerprint density at radius 3 is 2.62 bits per heavy atom. The summed E-state index contributed by atoms with van der Waals surface area (Å²) in [5.41, 5.74) is 0.236. The molecule has 0 saturated carbocycles. The van der Waals surface area contributed by atoms with E-state index in [2.05, 4.69) is 10.5 Å². The number of nitrogens with zero attached hydrogens (tertiary/aromatic N) is 1. The first-order chi connectivity index (χ1) is 13.5. The summed E-state index contributed by atoms with van der Waals surface area (Å²) in [6.45, 7) is 14.0. The van der Waals surface area contributed by atoms with Crippen molar-refractivity contribution < 1.29 is 23.0 Å². The highest BCUT2D eigenvalue weighted by Gasteiger charge is 2.38. The molecule has 1 aliphatic rings. The van der Waals surface area contributed by atoms with Crippen molar-refractivity contribution in [1.82, 2.24) is 5.16 Å². The van der Waals surface area contributed by atoms with Gasteiger partial charge < -0.3 is 14.0 Å². The smallest absolute Gasteiger partial charge is 0.245 e. The van der Waals surface area contributed by atoms with E-state index in [4.69, 9.17) is 14.0 Å². The first kappa shape index (κ1) is 24.0. The lowest BCUT2D eigenvalue weighted by atomic mass is 9.84. The lowest BCUT2D eigenvalue weighted by molar-refractivity contribution is -0.196. The highest BCUT2D eigenvalue weighted by atomic mass is 32.2. The molecule has 1 N–H and O–H groups in total. The lowest BCUT2D eigenvalue weighted by Crippen LogP contribution is -2.44. The summed E-state index contributed by atoms with van der Waals surface area (Å²) in [6, 6.07) is 1.71. The number of hydrogen-bond acceptors (Lipinski definition) is 6. The quantitative estimate of drug-likeness (QED) is 0.635. The molecular weight excluding hydrogens is 392 g/mol. The molecule has 0 spiro atoms. The van der Waals surface area contributed by atoms with Gasteiger partial charge >= 0.3 is 0 Å². The van der Waals surface area contributed by atoms with Crippen LogP contribution in [0.3, 0.4) is 0 Å². The number of amides is 1. The van der Waals surface area contributed by atoms with Crippen molar-refractivity contribution in [2.24, 2.45) is 0 Å². The van der Waals surface area contributed by atoms with Gasteiger partial charge in [0.15, 0.2) is 6.29 Å². The molecule has 0 bridgehead atoms. The maximum Gasteiger partial charge on any atom is 0.245 e. The van der Waals surface area contributed by atoms with Crippen LogP contribution >= 0.6 is 0 Å². The minimum atomic E-state index is -1.31. The van der Waals surface area contributed by atoms with Crippen LogP contribution in [0.5, 0.6) is 0 Å². The van der Waals surface area contributed by atoms with Crippen LogP contribution in [-0.4, -0.2) is 44.3 Å². The second-order valence-electron chi connectivity index (χ2n) is 8.85. The number of rotatable bonds is 9. The van der Waals surface area contributed by atoms with Gasteiger partial charge in [-0.05, 0) is 46.5 Å². The Hall–Kier alpha value is -1.25. The van der Waals surface area contributed by atoms with Gasteiger partial charge in [-0.2, -0.15) is 0 Å². The third-order valence-corrected chi connectivity index (χ3v) is 8.16. The molecule has 1 aromatic rings. The SMILES string of the molecule is CCC(C)S(=O)C(C)(C)C(=O)Nc1cc(C(C)(C)C(C)OC2CCCCO2)no1. The van der Waals surface area contributed by atoms with Gasteiger partial charge in [-0.25, -0.2) is 0 Å². The van der Waals surface area contributed by atoms with Gasteiger partial charge in [-0.3, -0.25) is 14.3 Å². The van der Waals surface area contributed by atoms with E-state index in [1.807, 2.05) is 34.6 Å². The van der Waals surface area contributed by atoms with E-state index >= 15 is 0 Å². The molecule has 0 radical (unpaired) electrons. The summed E-state index contributed by atoms with van der Waals surface area (Å²) in [7, 11) is -1.31. The minimum absolute atomic E-state index is 0.0695. The molecule has 1 saturated heterocycles. The van der Waals surface area contributed by atoms with E-state index in [1.165, 1.54) is 0 Å². The molecule has 0 aliphatic carbocycles. The van der Waals surface area contributed by atoms with Gasteiger partial charge in [-0.15, -0.1) is 0 Å². The Bertz CT molecular complexity index is 710. The third-order valence-electron chi connectivity index (χ3n) is 5.91. The van der Waals surface area contributed by atoms with E-state index in [0.717, 1.165) is 32.3 Å². The molecule has 4 atom stereocenters. The zero-order valence-electron chi connectivity index (χ0n) is 18.7. The predicted molar refractivity (Wildman–Crippen MR) is 114 cm³/mol. The number of carbonyl (C=O) groups excluding carboxylic acids is 1. The van der Waals surface area contributed by atoms with Gasteiger partial charge in [-0.1, -0.05) is 32.9 Å². The predicted octanol–water partition coefficient (Wildman–Crippen LogP) is 4.15. The Balaban J connectivity index is 2.05. The van der Waals surface area contributed by atoms with Crippen LogP contribution in [0.2, 0.25) is 0 Å². The normalized spacial score (nSPS) is 21.4. The fraction of sp³-hybridized carbons (Fsp3) is 0.810. The van der Waals surface area contributed by atoms with Crippen LogP contribution in [0.4, 0.5) is 5.88 Å². The molecule has 2 heterocycles. The maximum absolute atomic E-state index is 12.7. The molecule has 1 aliphatic heterocycles. The number of aromatic nitrogens is 1. The Kier molecular flexibility index (Phi) is 8.04. The summed E-state index contributed by atoms with van der Waals surface area (Å²) >= 11 is 0. The fourth-order valence-corrected chi connectivity index (χ4v) is 4.61. The molecule has 1 fully saturated rings. The van der Waals surface area contributed by atoms with E-state index in [0.29, 0.717) is 5.69 Å². The second-order valence-corrected chi connectivity index (χ2v) is 11.3. The van der Waals surface area contributed by atoms with Gasteiger partial charge in [0.05, 0.1) is 11.8 Å². The summed E-state index contributed by atoms with van der Waals surface area (Å²) in [6.07, 6.45) is 3.46. The topological polar surface area (TPSA) is 90.7 Å². The van der Waals surface area contributed by atoms with Crippen LogP contribution < -0.4 is 5.32 Å². The Morgan fingerprint density at radius 1 is 1.34 bits per heavy atom.